The van der Waals surface area contributed by atoms with Gasteiger partial charge in [0, 0.05) is 208 Å². The molecule has 2 unspecified atom stereocenters. The van der Waals surface area contributed by atoms with E-state index in [4.69, 9.17) is 89.3 Å². The molecule has 12 heterocycles. The molecule has 0 aliphatic carbocycles. The molecule has 0 radical (unpaired) electrons. The number of methoxy groups -OCH3 is 4. The first kappa shape index (κ1) is 109. The van der Waals surface area contributed by atoms with Gasteiger partial charge in [0.05, 0.1) is 75.3 Å². The number of rotatable bonds is 33. The first-order valence-electron chi connectivity index (χ1n) is 47.6. The average molecular weight is 2100 g/mol. The summed E-state index contributed by atoms with van der Waals surface area (Å²) in [5.41, 5.74) is 3.23. The maximum atomic E-state index is 13.6. The fraction of sp³-hybridized carbons (Fsp3) is 0.436. The Morgan fingerprint density at radius 3 is 0.897 bits per heavy atom. The van der Waals surface area contributed by atoms with Crippen LogP contribution in [0.25, 0.3) is 43.6 Å². The molecule has 778 valence electrons. The predicted octanol–water partition coefficient (Wildman–Crippen LogP) is 16.3. The van der Waals surface area contributed by atoms with Gasteiger partial charge in [-0.15, -0.1) is 0 Å². The molecule has 4 saturated heterocycles. The van der Waals surface area contributed by atoms with Crippen LogP contribution in [0.3, 0.4) is 0 Å². The summed E-state index contributed by atoms with van der Waals surface area (Å²) >= 11 is 25.6. The quantitative estimate of drug-likeness (QED) is 0.0297. The van der Waals surface area contributed by atoms with Gasteiger partial charge < -0.3 is 102 Å². The number of carbonyl (C=O) groups is 5. The van der Waals surface area contributed by atoms with Gasteiger partial charge >= 0.3 is 0 Å². The first-order valence-corrected chi connectivity index (χ1v) is 49.1. The number of anilines is 12. The van der Waals surface area contributed by atoms with E-state index in [2.05, 4.69) is 74.9 Å². The molecular formula is C101H118Cl4F3N21O17. The molecule has 1 amide bonds. The summed E-state index contributed by atoms with van der Waals surface area (Å²) in [6.45, 7) is 15.2. The van der Waals surface area contributed by atoms with E-state index in [1.807, 2.05) is 21.9 Å². The van der Waals surface area contributed by atoms with Crippen molar-refractivity contribution in [3.8, 4) is 46.0 Å². The number of nitrogens with zero attached hydrogens (tertiary/aromatic N) is 17. The van der Waals surface area contributed by atoms with E-state index in [1.54, 1.807) is 160 Å². The van der Waals surface area contributed by atoms with Crippen LogP contribution in [0.5, 0.6) is 46.0 Å². The number of aryl methyl sites for hydroxylation is 4. The summed E-state index contributed by atoms with van der Waals surface area (Å²) in [5, 5.41) is 16.7. The number of amides is 1. The highest BCUT2D eigenvalue weighted by Gasteiger charge is 2.36. The van der Waals surface area contributed by atoms with Gasteiger partial charge in [0.25, 0.3) is 28.2 Å². The molecule has 2 atom stereocenters. The highest BCUT2D eigenvalue weighted by Crippen LogP contribution is 2.42. The third-order valence-corrected chi connectivity index (χ3v) is 26.3. The van der Waals surface area contributed by atoms with Crippen molar-refractivity contribution in [3.05, 3.63) is 159 Å². The lowest BCUT2D eigenvalue weighted by molar-refractivity contribution is -0.133. The second kappa shape index (κ2) is 48.8. The highest BCUT2D eigenvalue weighted by molar-refractivity contribution is 6.34. The Hall–Kier alpha value is -14.1. The van der Waals surface area contributed by atoms with Gasteiger partial charge in [0.15, 0.2) is 69.4 Å². The lowest BCUT2D eigenvalue weighted by atomic mass is 9.92. The van der Waals surface area contributed by atoms with Crippen LogP contribution in [-0.4, -0.2) is 225 Å². The average Bonchev–Trinajstić information content (AvgIpc) is 0.776. The van der Waals surface area contributed by atoms with Crippen molar-refractivity contribution in [1.82, 2.24) is 63.0 Å². The summed E-state index contributed by atoms with van der Waals surface area (Å²) < 4.78 is 90.7. The lowest BCUT2D eigenvalue weighted by Gasteiger charge is -2.35. The molecule has 12 aromatic rings. The van der Waals surface area contributed by atoms with Crippen LogP contribution in [0, 0.1) is 17.8 Å². The van der Waals surface area contributed by atoms with E-state index in [1.165, 1.54) is 58.4 Å². The van der Waals surface area contributed by atoms with Crippen molar-refractivity contribution >= 4 is 189 Å². The third-order valence-electron chi connectivity index (χ3n) is 25.2. The molecule has 4 aliphatic heterocycles. The van der Waals surface area contributed by atoms with Crippen LogP contribution >= 0.6 is 46.4 Å². The summed E-state index contributed by atoms with van der Waals surface area (Å²) in [4.78, 5) is 156. The van der Waals surface area contributed by atoms with Gasteiger partial charge in [-0.2, -0.15) is 19.9 Å². The number of halogens is 7. The van der Waals surface area contributed by atoms with Crippen LogP contribution in [0.15, 0.2) is 117 Å². The minimum atomic E-state index is -2.68. The molecule has 4 N–H and O–H groups in total. The predicted molar refractivity (Wildman–Crippen MR) is 559 cm³/mol. The molecule has 8 aromatic heterocycles. The Morgan fingerprint density at radius 2 is 0.644 bits per heavy atom. The Balaban J connectivity index is 0.000000163. The first-order chi connectivity index (χ1) is 69.7. The molecule has 0 spiro atoms. The summed E-state index contributed by atoms with van der Waals surface area (Å²) in [5.74, 6) is 3.72. The smallest absolute Gasteiger partial charge is 0.293 e. The number of ether oxygens (including phenoxy) is 8. The molecular weight excluding hydrogens is 1980 g/mol. The monoisotopic (exact) mass is 2090 g/mol. The van der Waals surface area contributed by atoms with Crippen molar-refractivity contribution in [2.75, 3.05) is 162 Å². The molecule has 146 heavy (non-hydrogen) atoms. The molecule has 16 rings (SSSR count). The zero-order valence-electron chi connectivity index (χ0n) is 84.0. The number of ketones is 4. The van der Waals surface area contributed by atoms with E-state index in [-0.39, 0.29) is 138 Å². The topological polar surface area (TPSA) is 415 Å². The van der Waals surface area contributed by atoms with E-state index < -0.39 is 17.7 Å². The van der Waals surface area contributed by atoms with Crippen LogP contribution in [0.1, 0.15) is 112 Å². The van der Waals surface area contributed by atoms with Gasteiger partial charge in [-0.25, -0.2) is 33.1 Å². The standard InChI is InChI=1S/C27H33ClN6O5.C26H32ClN5O4.C24H26ClF2N5O4.C24H27ClFN5O4/c1-6-19(35)15-39-22-12-17-11-18(13-21(38-5)23(17)33(4)26(22)37)30-24-20(28)14-29-27(31-24)34-9-7-16(8-10-34)25(36)32(2)3;1-6-19(33)14-36-22-9-17-8-18(10-21(35-5)23(17)31(4)25(22)34)29-24-20(27)11-28-26(30-24)32-12-15(2)7-16(3)13-32;1-4-16(33)13-36-19-10-14-9-15(11-18(35-3)20(14)31(2)22(19)34)29-21-17(25)12-28-23(30-21)32-7-5-24(26,27)6-8-32;1-4-17(32)13-35-20-10-14-9-16(11-19(34-3)21(14)30(2)23(20)33)28-22-18(25)12-27-24(29-22)31-7-5-15(26)6-8-31/h11-14,16H,6-10,15H2,1-5H3,(H,29,30,31);8-11,15-16H,6-7,12-14H2,1-5H3,(H,28,29,30);9-12H,4-8,13H2,1-3H3,(H,28,29,30);9-12,15H,4-8,13H2,1-3H3,(H,27,28,29). The number of Topliss-reactive ketones (excluding diaryl/α,β-unsaturated/α-hetero) is 4. The van der Waals surface area contributed by atoms with Crippen LogP contribution in [0.4, 0.5) is 83.0 Å². The van der Waals surface area contributed by atoms with Gasteiger partial charge in [-0.1, -0.05) is 87.9 Å². The number of carbonyl (C=O) groups excluding carboxylic acids is 5. The van der Waals surface area contributed by atoms with E-state index in [9.17, 15) is 56.3 Å². The Morgan fingerprint density at radius 1 is 0.390 bits per heavy atom. The lowest BCUT2D eigenvalue weighted by Crippen LogP contribution is -2.40. The minimum absolute atomic E-state index is 0.00358. The Kier molecular flexibility index (Phi) is 36.5. The second-order valence-electron chi connectivity index (χ2n) is 36.0. The number of benzene rings is 4. The number of aromatic nitrogens is 12. The van der Waals surface area contributed by atoms with Crippen LogP contribution in [-0.2, 0) is 52.2 Å². The Labute approximate surface area is 859 Å². The molecule has 38 nitrogen and oxygen atoms in total. The zero-order valence-corrected chi connectivity index (χ0v) is 87.0. The van der Waals surface area contributed by atoms with Crippen molar-refractivity contribution < 1.29 is 75.0 Å². The number of fused-ring (bicyclic) bond motifs is 4. The normalized spacial score (nSPS) is 15.2. The van der Waals surface area contributed by atoms with E-state index in [0.717, 1.165) is 25.9 Å². The van der Waals surface area contributed by atoms with Crippen LogP contribution in [0.2, 0.25) is 20.1 Å². The fourth-order valence-corrected chi connectivity index (χ4v) is 17.7. The largest absolute Gasteiger partial charge is 0.494 e. The summed E-state index contributed by atoms with van der Waals surface area (Å²) in [6.07, 6.45) is 9.53. The maximum absolute atomic E-state index is 13.6. The molecule has 0 bridgehead atoms. The third kappa shape index (κ3) is 26.4. The van der Waals surface area contributed by atoms with E-state index in [0.29, 0.717) is 222 Å². The molecule has 4 aliphatic rings. The van der Waals surface area contributed by atoms with E-state index >= 15 is 0 Å². The van der Waals surface area contributed by atoms with Crippen molar-refractivity contribution in [2.45, 2.75) is 124 Å². The highest BCUT2D eigenvalue weighted by atomic mass is 35.5. The zero-order chi connectivity index (χ0) is 105. The second-order valence-corrected chi connectivity index (χ2v) is 37.6. The number of hydrogen-bond donors (Lipinski definition) is 4. The summed E-state index contributed by atoms with van der Waals surface area (Å²) in [6, 6.07) is 20.5. The fourth-order valence-electron chi connectivity index (χ4n) is 17.2. The van der Waals surface area contributed by atoms with Crippen molar-refractivity contribution in [2.24, 2.45) is 45.9 Å². The van der Waals surface area contributed by atoms with Gasteiger partial charge in [-0.05, 0) is 92.5 Å². The molecule has 4 aromatic carbocycles. The van der Waals surface area contributed by atoms with Crippen molar-refractivity contribution in [3.63, 3.8) is 0 Å². The maximum Gasteiger partial charge on any atom is 0.293 e. The number of hydrogen-bond acceptors (Lipinski definition) is 33. The number of alkyl halides is 3. The minimum Gasteiger partial charge on any atom is -0.494 e. The number of nitrogens with one attached hydrogen (secondary N) is 4. The van der Waals surface area contributed by atoms with Gasteiger partial charge in [0.2, 0.25) is 29.7 Å². The molecule has 4 fully saturated rings. The molecule has 45 heteroatoms. The van der Waals surface area contributed by atoms with Crippen molar-refractivity contribution in [1.29, 1.82) is 0 Å². The van der Waals surface area contributed by atoms with Gasteiger partial charge in [0.1, 0.15) is 75.7 Å². The SMILES string of the molecule is CCC(=O)COc1cc2cc(Nc3nc(N4CC(C)CC(C)C4)ncc3Cl)cc(OC)c2n(C)c1=O.CCC(=O)COc1cc2cc(Nc3nc(N4CCC(C(=O)N(C)C)CC4)ncc3Cl)cc(OC)c2n(C)c1=O.CCC(=O)COc1cc2cc(Nc3nc(N4CCC(F)(F)CC4)ncc3Cl)cc(OC)c2n(C)c1=O.CCC(=O)COc1cc2cc(Nc3nc(N4CCC(F)CC4)ncc3Cl)cc(OC)c2n(C)c1=O. The number of piperidine rings is 4. The van der Waals surface area contributed by atoms with Gasteiger partial charge in [-0.3, -0.25) is 43.2 Å². The molecule has 0 saturated carbocycles. The van der Waals surface area contributed by atoms with Crippen LogP contribution < -0.4 is 101 Å². The summed E-state index contributed by atoms with van der Waals surface area (Å²) in [7, 11) is 16.1. The number of pyridine rings is 4. The Bertz CT molecular complexity index is 7110.